The molecule has 0 bridgehead atoms. The number of guanidine groups is 2. The van der Waals surface area contributed by atoms with Crippen molar-refractivity contribution in [3.63, 3.8) is 0 Å². The third-order valence-corrected chi connectivity index (χ3v) is 0.874. The molecule has 0 amide bonds. The molecule has 0 spiro atoms. The summed E-state index contributed by atoms with van der Waals surface area (Å²) < 4.78 is 0. The van der Waals surface area contributed by atoms with Crippen LogP contribution in [0.15, 0.2) is 0 Å². The molecule has 6 heteroatoms. The first-order valence-electron chi connectivity index (χ1n) is 3.35. The quantitative estimate of drug-likeness (QED) is 0.174. The molecule has 0 atom stereocenters. The van der Waals surface area contributed by atoms with Gasteiger partial charge >= 0.3 is 0 Å². The van der Waals surface area contributed by atoms with E-state index in [1.54, 1.807) is 0 Å². The fourth-order valence-corrected chi connectivity index (χ4v) is 0.424. The molecule has 7 N–H and O–H groups in total. The van der Waals surface area contributed by atoms with Gasteiger partial charge in [-0.2, -0.15) is 0 Å². The van der Waals surface area contributed by atoms with Crippen molar-refractivity contribution in [1.82, 2.24) is 16.2 Å². The van der Waals surface area contributed by atoms with Crippen molar-refractivity contribution in [2.45, 2.75) is 13.3 Å². The highest BCUT2D eigenvalue weighted by molar-refractivity contribution is 5.81. The SMILES string of the molecule is CCCNC(=N)NNC(=N)N. The van der Waals surface area contributed by atoms with Gasteiger partial charge in [0.15, 0.2) is 0 Å². The minimum atomic E-state index is -0.215. The molecular weight excluding hydrogens is 144 g/mol. The van der Waals surface area contributed by atoms with Crippen molar-refractivity contribution in [1.29, 1.82) is 10.8 Å². The Kier molecular flexibility index (Phi) is 4.63. The van der Waals surface area contributed by atoms with Crippen LogP contribution in [0.25, 0.3) is 0 Å². The molecular formula is C5H14N6. The Morgan fingerprint density at radius 1 is 1.36 bits per heavy atom. The van der Waals surface area contributed by atoms with Gasteiger partial charge in [0.2, 0.25) is 11.9 Å². The van der Waals surface area contributed by atoms with Gasteiger partial charge in [-0.3, -0.25) is 21.7 Å². The zero-order valence-corrected chi connectivity index (χ0v) is 6.49. The fourth-order valence-electron chi connectivity index (χ4n) is 0.424. The van der Waals surface area contributed by atoms with Crippen LogP contribution in [0.5, 0.6) is 0 Å². The summed E-state index contributed by atoms with van der Waals surface area (Å²) in [4.78, 5) is 0. The van der Waals surface area contributed by atoms with E-state index in [1.165, 1.54) is 0 Å². The molecule has 0 heterocycles. The van der Waals surface area contributed by atoms with Gasteiger partial charge in [-0.1, -0.05) is 6.92 Å². The number of rotatable bonds is 2. The molecule has 0 radical (unpaired) electrons. The third kappa shape index (κ3) is 6.42. The summed E-state index contributed by atoms with van der Waals surface area (Å²) in [7, 11) is 0. The first kappa shape index (κ1) is 9.54. The van der Waals surface area contributed by atoms with Crippen molar-refractivity contribution < 1.29 is 0 Å². The number of nitrogens with one attached hydrogen (secondary N) is 5. The fraction of sp³-hybridized carbons (Fsp3) is 0.600. The topological polar surface area (TPSA) is 110 Å². The summed E-state index contributed by atoms with van der Waals surface area (Å²) in [5.74, 6) is -0.102. The van der Waals surface area contributed by atoms with E-state index >= 15 is 0 Å². The Morgan fingerprint density at radius 2 is 2.00 bits per heavy atom. The molecule has 0 aromatic carbocycles. The highest BCUT2D eigenvalue weighted by Gasteiger charge is 1.91. The summed E-state index contributed by atoms with van der Waals surface area (Å²) in [6.07, 6.45) is 0.949. The van der Waals surface area contributed by atoms with Crippen LogP contribution in [0.4, 0.5) is 0 Å². The second-order valence-corrected chi connectivity index (χ2v) is 1.97. The lowest BCUT2D eigenvalue weighted by Crippen LogP contribution is -2.49. The molecule has 0 fully saturated rings. The molecule has 0 unspecified atom stereocenters. The van der Waals surface area contributed by atoms with Crippen molar-refractivity contribution >= 4 is 11.9 Å². The van der Waals surface area contributed by atoms with Gasteiger partial charge in [-0.25, -0.2) is 0 Å². The maximum absolute atomic E-state index is 7.15. The van der Waals surface area contributed by atoms with Gasteiger partial charge < -0.3 is 11.1 Å². The molecule has 0 saturated heterocycles. The average molecular weight is 158 g/mol. The molecule has 11 heavy (non-hydrogen) atoms. The molecule has 0 saturated carbocycles. The number of hydrogen-bond acceptors (Lipinski definition) is 2. The summed E-state index contributed by atoms with van der Waals surface area (Å²) in [5.41, 5.74) is 9.62. The molecule has 0 aromatic heterocycles. The molecule has 0 aliphatic rings. The Balaban J connectivity index is 3.30. The Morgan fingerprint density at radius 3 is 2.45 bits per heavy atom. The summed E-state index contributed by atoms with van der Waals surface area (Å²) >= 11 is 0. The maximum Gasteiger partial charge on any atom is 0.207 e. The zero-order valence-electron chi connectivity index (χ0n) is 6.49. The molecule has 0 aliphatic heterocycles. The Hall–Kier alpha value is -1.46. The first-order valence-corrected chi connectivity index (χ1v) is 3.35. The second kappa shape index (κ2) is 5.33. The van der Waals surface area contributed by atoms with Crippen molar-refractivity contribution in [2.75, 3.05) is 6.54 Å². The summed E-state index contributed by atoms with van der Waals surface area (Å²) in [6.45, 7) is 2.73. The molecule has 64 valence electrons. The standard InChI is InChI=1S/C5H14N6/c1-2-3-9-5(8)11-10-4(6)7/h2-3H2,1H3,(H4,6,7,10)(H3,8,9,11). The molecule has 0 aliphatic carbocycles. The minimum Gasteiger partial charge on any atom is -0.369 e. The largest absolute Gasteiger partial charge is 0.369 e. The van der Waals surface area contributed by atoms with E-state index in [1.807, 2.05) is 6.92 Å². The minimum absolute atomic E-state index is 0.113. The Bertz CT molecular complexity index is 142. The number of hydrogen-bond donors (Lipinski definition) is 6. The van der Waals surface area contributed by atoms with Crippen LogP contribution in [-0.2, 0) is 0 Å². The lowest BCUT2D eigenvalue weighted by Gasteiger charge is -2.09. The number of nitrogens with two attached hydrogens (primary N) is 1. The maximum atomic E-state index is 7.15. The van der Waals surface area contributed by atoms with E-state index in [-0.39, 0.29) is 11.9 Å². The van der Waals surface area contributed by atoms with Gasteiger partial charge in [0.1, 0.15) is 0 Å². The second-order valence-electron chi connectivity index (χ2n) is 1.97. The predicted molar refractivity (Wildman–Crippen MR) is 44.2 cm³/mol. The Labute approximate surface area is 65.5 Å². The molecule has 0 aromatic rings. The normalized spacial score (nSPS) is 8.45. The van der Waals surface area contributed by atoms with Crippen LogP contribution in [0.2, 0.25) is 0 Å². The average Bonchev–Trinajstić information content (AvgIpc) is 1.97. The van der Waals surface area contributed by atoms with Gasteiger partial charge in [-0.15, -0.1) is 0 Å². The third-order valence-electron chi connectivity index (χ3n) is 0.874. The van der Waals surface area contributed by atoms with Crippen LogP contribution in [0, 0.1) is 10.8 Å². The van der Waals surface area contributed by atoms with Gasteiger partial charge in [-0.05, 0) is 6.42 Å². The zero-order chi connectivity index (χ0) is 8.69. The first-order chi connectivity index (χ1) is 5.16. The smallest absolute Gasteiger partial charge is 0.207 e. The molecule has 0 rings (SSSR count). The van der Waals surface area contributed by atoms with E-state index in [0.717, 1.165) is 13.0 Å². The predicted octanol–water partition coefficient (Wildman–Crippen LogP) is -1.09. The van der Waals surface area contributed by atoms with Crippen molar-refractivity contribution in [3.05, 3.63) is 0 Å². The lowest BCUT2D eigenvalue weighted by molar-refractivity contribution is 0.752. The highest BCUT2D eigenvalue weighted by atomic mass is 15.4. The van der Waals surface area contributed by atoms with E-state index in [9.17, 15) is 0 Å². The van der Waals surface area contributed by atoms with Crippen LogP contribution < -0.4 is 21.9 Å². The van der Waals surface area contributed by atoms with Crippen molar-refractivity contribution in [2.24, 2.45) is 5.73 Å². The van der Waals surface area contributed by atoms with Gasteiger partial charge in [0.25, 0.3) is 0 Å². The van der Waals surface area contributed by atoms with E-state index in [0.29, 0.717) is 0 Å². The van der Waals surface area contributed by atoms with Crippen LogP contribution >= 0.6 is 0 Å². The van der Waals surface area contributed by atoms with Crippen LogP contribution in [0.3, 0.4) is 0 Å². The van der Waals surface area contributed by atoms with Crippen molar-refractivity contribution in [3.8, 4) is 0 Å². The van der Waals surface area contributed by atoms with Gasteiger partial charge in [0, 0.05) is 6.54 Å². The van der Waals surface area contributed by atoms with Gasteiger partial charge in [0.05, 0.1) is 0 Å². The van der Waals surface area contributed by atoms with E-state index in [4.69, 9.17) is 16.6 Å². The molecule has 6 nitrogen and oxygen atoms in total. The van der Waals surface area contributed by atoms with Crippen LogP contribution in [-0.4, -0.2) is 18.5 Å². The summed E-state index contributed by atoms with van der Waals surface area (Å²) in [5, 5.41) is 16.6. The lowest BCUT2D eigenvalue weighted by atomic mass is 10.5. The van der Waals surface area contributed by atoms with Crippen LogP contribution in [0.1, 0.15) is 13.3 Å². The monoisotopic (exact) mass is 158 g/mol. The number of hydrazine groups is 1. The van der Waals surface area contributed by atoms with E-state index in [2.05, 4.69) is 16.2 Å². The van der Waals surface area contributed by atoms with E-state index < -0.39 is 0 Å². The highest BCUT2D eigenvalue weighted by Crippen LogP contribution is 1.67. The summed E-state index contributed by atoms with van der Waals surface area (Å²) in [6, 6.07) is 0.